The number of hydrogen-bond donors (Lipinski definition) is 1. The van der Waals surface area contributed by atoms with E-state index in [1.807, 2.05) is 0 Å². The maximum absolute atomic E-state index is 4.37. The van der Waals surface area contributed by atoms with Crippen molar-refractivity contribution in [2.24, 2.45) is 0 Å². The normalized spacial score (nSPS) is 10.7. The second-order valence-electron chi connectivity index (χ2n) is 4.85. The first-order valence-electron chi connectivity index (χ1n) is 6.73. The van der Waals surface area contributed by atoms with Crippen molar-refractivity contribution in [3.63, 3.8) is 0 Å². The number of thiol groups is 1. The van der Waals surface area contributed by atoms with Gasteiger partial charge in [0.2, 0.25) is 0 Å². The second kappa shape index (κ2) is 5.98. The molecule has 0 heterocycles. The van der Waals surface area contributed by atoms with Crippen LogP contribution in [-0.4, -0.2) is 0 Å². The van der Waals surface area contributed by atoms with Crippen molar-refractivity contribution < 1.29 is 0 Å². The molecule has 0 bridgehead atoms. The molecule has 1 heteroatoms. The van der Waals surface area contributed by atoms with Crippen LogP contribution in [0, 0.1) is 0 Å². The summed E-state index contributed by atoms with van der Waals surface area (Å²) in [6.07, 6.45) is 0. The van der Waals surface area contributed by atoms with Gasteiger partial charge in [0.25, 0.3) is 0 Å². The highest BCUT2D eigenvalue weighted by Gasteiger charge is 2.15. The van der Waals surface area contributed by atoms with Gasteiger partial charge >= 0.3 is 0 Å². The Kier molecular flexibility index (Phi) is 3.89. The third kappa shape index (κ3) is 2.78. The smallest absolute Gasteiger partial charge is 0.0340 e. The van der Waals surface area contributed by atoms with Crippen molar-refractivity contribution in [3.05, 3.63) is 102 Å². The molecule has 0 unspecified atom stereocenters. The quantitative estimate of drug-likeness (QED) is 0.496. The summed E-state index contributed by atoms with van der Waals surface area (Å²) in [5, 5.41) is 0. The molecule has 0 aliphatic heterocycles. The van der Waals surface area contributed by atoms with E-state index in [1.165, 1.54) is 16.7 Å². The Morgan fingerprint density at radius 3 is 1.35 bits per heavy atom. The molecule has 0 atom stereocenters. The van der Waals surface area contributed by atoms with Crippen molar-refractivity contribution in [1.29, 1.82) is 0 Å². The minimum atomic E-state index is 0.270. The third-order valence-electron chi connectivity index (χ3n) is 3.49. The van der Waals surface area contributed by atoms with E-state index in [0.717, 1.165) is 4.90 Å². The van der Waals surface area contributed by atoms with Gasteiger partial charge in [-0.05, 0) is 28.8 Å². The summed E-state index contributed by atoms with van der Waals surface area (Å²) in [4.78, 5) is 0.994. The molecule has 3 aromatic carbocycles. The number of rotatable bonds is 3. The van der Waals surface area contributed by atoms with Crippen LogP contribution in [-0.2, 0) is 0 Å². The summed E-state index contributed by atoms with van der Waals surface area (Å²) < 4.78 is 0. The van der Waals surface area contributed by atoms with E-state index >= 15 is 0 Å². The number of benzene rings is 3. The minimum absolute atomic E-state index is 0.270. The fourth-order valence-electron chi connectivity index (χ4n) is 2.54. The summed E-state index contributed by atoms with van der Waals surface area (Å²) in [6, 6.07) is 29.7. The van der Waals surface area contributed by atoms with Crippen LogP contribution in [0.15, 0.2) is 89.8 Å². The van der Waals surface area contributed by atoms with Gasteiger partial charge in [0.15, 0.2) is 0 Å². The summed E-state index contributed by atoms with van der Waals surface area (Å²) in [5.74, 6) is 0.270. The average molecular weight is 276 g/mol. The van der Waals surface area contributed by atoms with Crippen molar-refractivity contribution in [2.45, 2.75) is 10.8 Å². The molecule has 0 nitrogen and oxygen atoms in total. The molecule has 0 aliphatic rings. The molecule has 98 valence electrons. The zero-order valence-electron chi connectivity index (χ0n) is 11.1. The van der Waals surface area contributed by atoms with E-state index in [9.17, 15) is 0 Å². The molecule has 0 saturated carbocycles. The van der Waals surface area contributed by atoms with Crippen molar-refractivity contribution in [1.82, 2.24) is 0 Å². The lowest BCUT2D eigenvalue weighted by Gasteiger charge is -2.19. The Hall–Kier alpha value is -1.99. The molecular weight excluding hydrogens is 260 g/mol. The fraction of sp³-hybridized carbons (Fsp3) is 0.0526. The highest BCUT2D eigenvalue weighted by Crippen LogP contribution is 2.31. The van der Waals surface area contributed by atoms with Crippen molar-refractivity contribution in [2.75, 3.05) is 0 Å². The van der Waals surface area contributed by atoms with Crippen LogP contribution in [0.5, 0.6) is 0 Å². The van der Waals surface area contributed by atoms with Crippen molar-refractivity contribution in [3.8, 4) is 0 Å². The Balaban J connectivity index is 2.11. The molecule has 3 aromatic rings. The van der Waals surface area contributed by atoms with Gasteiger partial charge in [-0.2, -0.15) is 0 Å². The summed E-state index contributed by atoms with van der Waals surface area (Å²) in [7, 11) is 0. The van der Waals surface area contributed by atoms with Gasteiger partial charge in [-0.1, -0.05) is 72.8 Å². The van der Waals surface area contributed by atoms with Gasteiger partial charge in [0.1, 0.15) is 0 Å². The maximum Gasteiger partial charge on any atom is 0.0340 e. The first-order chi connectivity index (χ1) is 9.84. The van der Waals surface area contributed by atoms with Gasteiger partial charge < -0.3 is 0 Å². The SMILES string of the molecule is Sc1ccc(C(c2ccccc2)c2ccccc2)cc1. The zero-order valence-corrected chi connectivity index (χ0v) is 12.0. The van der Waals surface area contributed by atoms with Gasteiger partial charge in [0, 0.05) is 10.8 Å². The third-order valence-corrected chi connectivity index (χ3v) is 3.79. The molecule has 0 aromatic heterocycles. The standard InChI is InChI=1S/C19H16S/c20-18-13-11-17(12-14-18)19(15-7-3-1-4-8-15)16-9-5-2-6-10-16/h1-14,19-20H. The zero-order chi connectivity index (χ0) is 13.8. The number of hydrogen-bond acceptors (Lipinski definition) is 1. The highest BCUT2D eigenvalue weighted by molar-refractivity contribution is 7.80. The summed E-state index contributed by atoms with van der Waals surface area (Å²) >= 11 is 4.37. The monoisotopic (exact) mass is 276 g/mol. The van der Waals surface area contributed by atoms with Crippen molar-refractivity contribution >= 4 is 12.6 Å². The summed E-state index contributed by atoms with van der Waals surface area (Å²) in [6.45, 7) is 0. The Morgan fingerprint density at radius 2 is 0.900 bits per heavy atom. The first kappa shape index (κ1) is 13.0. The van der Waals surface area contributed by atoms with E-state index < -0.39 is 0 Å². The Morgan fingerprint density at radius 1 is 0.500 bits per heavy atom. The average Bonchev–Trinajstić information content (AvgIpc) is 2.52. The van der Waals surface area contributed by atoms with Gasteiger partial charge in [-0.25, -0.2) is 0 Å². The topological polar surface area (TPSA) is 0 Å². The molecule has 0 aliphatic carbocycles. The van der Waals surface area contributed by atoms with Gasteiger partial charge in [-0.15, -0.1) is 12.6 Å². The molecule has 0 saturated heterocycles. The Bertz CT molecular complexity index is 618. The van der Waals surface area contributed by atoms with Crippen LogP contribution < -0.4 is 0 Å². The molecular formula is C19H16S. The van der Waals surface area contributed by atoms with E-state index in [-0.39, 0.29) is 5.92 Å². The highest BCUT2D eigenvalue weighted by atomic mass is 32.1. The molecule has 20 heavy (non-hydrogen) atoms. The van der Waals surface area contributed by atoms with Crippen LogP contribution in [0.25, 0.3) is 0 Å². The van der Waals surface area contributed by atoms with E-state index in [2.05, 4.69) is 97.6 Å². The minimum Gasteiger partial charge on any atom is -0.143 e. The Labute approximate surface area is 125 Å². The lowest BCUT2D eigenvalue weighted by atomic mass is 9.85. The predicted octanol–water partition coefficient (Wildman–Crippen LogP) is 5.16. The van der Waals surface area contributed by atoms with Gasteiger partial charge in [-0.3, -0.25) is 0 Å². The van der Waals surface area contributed by atoms with E-state index in [1.54, 1.807) is 0 Å². The lowest BCUT2D eigenvalue weighted by Crippen LogP contribution is -2.02. The predicted molar refractivity (Wildman–Crippen MR) is 87.5 cm³/mol. The van der Waals surface area contributed by atoms with Crippen LogP contribution in [0.3, 0.4) is 0 Å². The van der Waals surface area contributed by atoms with Crippen LogP contribution >= 0.6 is 12.6 Å². The molecule has 0 amide bonds. The molecule has 0 spiro atoms. The first-order valence-corrected chi connectivity index (χ1v) is 7.18. The summed E-state index contributed by atoms with van der Waals surface area (Å²) in [5.41, 5.74) is 3.91. The van der Waals surface area contributed by atoms with E-state index in [0.29, 0.717) is 0 Å². The van der Waals surface area contributed by atoms with Crippen LogP contribution in [0.4, 0.5) is 0 Å². The molecule has 0 radical (unpaired) electrons. The van der Waals surface area contributed by atoms with Crippen LogP contribution in [0.2, 0.25) is 0 Å². The fourth-order valence-corrected chi connectivity index (χ4v) is 2.68. The largest absolute Gasteiger partial charge is 0.143 e. The lowest BCUT2D eigenvalue weighted by molar-refractivity contribution is 0.974. The van der Waals surface area contributed by atoms with E-state index in [4.69, 9.17) is 0 Å². The van der Waals surface area contributed by atoms with Gasteiger partial charge in [0.05, 0.1) is 0 Å². The molecule has 0 fully saturated rings. The maximum atomic E-state index is 4.37. The molecule has 3 rings (SSSR count). The second-order valence-corrected chi connectivity index (χ2v) is 5.36. The molecule has 0 N–H and O–H groups in total. The van der Waals surface area contributed by atoms with Crippen LogP contribution in [0.1, 0.15) is 22.6 Å².